The molecular formula is C28H27ClN4O6S. The lowest BCUT2D eigenvalue weighted by atomic mass is 10.0. The highest BCUT2D eigenvalue weighted by atomic mass is 35.5. The van der Waals surface area contributed by atoms with Crippen LogP contribution in [-0.4, -0.2) is 66.1 Å². The number of ether oxygens (including phenoxy) is 1. The molecule has 10 nitrogen and oxygen atoms in total. The van der Waals surface area contributed by atoms with Crippen LogP contribution in [0.15, 0.2) is 78.0 Å². The third-order valence-corrected chi connectivity index (χ3v) is 9.08. The fourth-order valence-corrected chi connectivity index (χ4v) is 6.58. The van der Waals surface area contributed by atoms with Crippen molar-refractivity contribution in [1.29, 1.82) is 0 Å². The molecule has 2 atom stereocenters. The number of carbonyl (C=O) groups is 3. The number of hydrogen-bond donors (Lipinski definition) is 1. The van der Waals surface area contributed by atoms with Crippen molar-refractivity contribution in [3.8, 4) is 0 Å². The molecule has 0 bridgehead atoms. The first-order valence-electron chi connectivity index (χ1n) is 12.8. The van der Waals surface area contributed by atoms with Crippen LogP contribution in [0.4, 0.5) is 0 Å². The van der Waals surface area contributed by atoms with Crippen molar-refractivity contribution < 1.29 is 27.5 Å². The van der Waals surface area contributed by atoms with E-state index in [9.17, 15) is 22.8 Å². The third-order valence-electron chi connectivity index (χ3n) is 6.92. The number of carbonyl (C=O) groups excluding carboxylic acids is 3. The molecule has 3 amide bonds. The number of fused-ring (bicyclic) bond motifs is 1. The van der Waals surface area contributed by atoms with Gasteiger partial charge in [-0.15, -0.1) is 0 Å². The topological polar surface area (TPSA) is 126 Å². The number of aromatic nitrogens is 1. The Morgan fingerprint density at radius 2 is 1.82 bits per heavy atom. The predicted molar refractivity (Wildman–Crippen MR) is 146 cm³/mol. The summed E-state index contributed by atoms with van der Waals surface area (Å²) < 4.78 is 32.6. The Morgan fingerprint density at radius 3 is 2.52 bits per heavy atom. The van der Waals surface area contributed by atoms with E-state index in [-0.39, 0.29) is 29.7 Å². The molecule has 1 fully saturated rings. The van der Waals surface area contributed by atoms with Gasteiger partial charge in [-0.1, -0.05) is 41.9 Å². The van der Waals surface area contributed by atoms with Gasteiger partial charge in [0, 0.05) is 37.1 Å². The molecule has 0 saturated carbocycles. The third kappa shape index (κ3) is 5.58. The summed E-state index contributed by atoms with van der Waals surface area (Å²) in [5.74, 6) is -2.04. The molecule has 1 aromatic heterocycles. The molecule has 2 aromatic carbocycles. The molecule has 0 unspecified atom stereocenters. The number of rotatable bonds is 9. The van der Waals surface area contributed by atoms with E-state index in [1.54, 1.807) is 42.5 Å². The Labute approximate surface area is 236 Å². The molecule has 40 heavy (non-hydrogen) atoms. The van der Waals surface area contributed by atoms with Crippen LogP contribution >= 0.6 is 11.6 Å². The van der Waals surface area contributed by atoms with Gasteiger partial charge in [-0.05, 0) is 54.3 Å². The van der Waals surface area contributed by atoms with Gasteiger partial charge in [0.15, 0.2) is 0 Å². The predicted octanol–water partition coefficient (Wildman–Crippen LogP) is 2.94. The van der Waals surface area contributed by atoms with E-state index >= 15 is 0 Å². The molecule has 5 rings (SSSR count). The number of halogens is 1. The van der Waals surface area contributed by atoms with Crippen molar-refractivity contribution in [3.05, 3.63) is 94.8 Å². The Bertz CT molecular complexity index is 1530. The highest BCUT2D eigenvalue weighted by Gasteiger charge is 2.43. The molecule has 2 aliphatic heterocycles. The molecule has 3 heterocycles. The van der Waals surface area contributed by atoms with Gasteiger partial charge in [0.2, 0.25) is 11.8 Å². The van der Waals surface area contributed by atoms with Crippen molar-refractivity contribution >= 4 is 39.3 Å². The van der Waals surface area contributed by atoms with Crippen LogP contribution in [0.1, 0.15) is 40.4 Å². The van der Waals surface area contributed by atoms with Crippen LogP contribution in [0.25, 0.3) is 0 Å². The molecule has 0 spiro atoms. The van der Waals surface area contributed by atoms with Gasteiger partial charge in [0.1, 0.15) is 17.5 Å². The molecule has 12 heteroatoms. The first kappa shape index (κ1) is 27.8. The summed E-state index contributed by atoms with van der Waals surface area (Å²) >= 11 is 6.42. The van der Waals surface area contributed by atoms with E-state index < -0.39 is 40.3 Å². The van der Waals surface area contributed by atoms with E-state index in [0.717, 1.165) is 12.8 Å². The van der Waals surface area contributed by atoms with Crippen LogP contribution in [0.2, 0.25) is 5.02 Å². The molecule has 3 aromatic rings. The normalized spacial score (nSPS) is 18.3. The number of benzene rings is 2. The number of nitrogens with one attached hydrogen (secondary N) is 1. The summed E-state index contributed by atoms with van der Waals surface area (Å²) in [6.07, 6.45) is 4.56. The second-order valence-corrected chi connectivity index (χ2v) is 11.7. The van der Waals surface area contributed by atoms with Crippen LogP contribution in [0, 0.1) is 0 Å². The van der Waals surface area contributed by atoms with Gasteiger partial charge in [-0.3, -0.25) is 19.4 Å². The van der Waals surface area contributed by atoms with Crippen LogP contribution in [-0.2, 0) is 30.9 Å². The van der Waals surface area contributed by atoms with Crippen molar-refractivity contribution in [3.63, 3.8) is 0 Å². The van der Waals surface area contributed by atoms with Crippen molar-refractivity contribution in [2.75, 3.05) is 19.7 Å². The van der Waals surface area contributed by atoms with Gasteiger partial charge in [-0.2, -0.15) is 0 Å². The summed E-state index contributed by atoms with van der Waals surface area (Å²) in [4.78, 5) is 45.9. The Kier molecular flexibility index (Phi) is 8.15. The molecule has 2 aliphatic rings. The fraction of sp³-hybridized carbons (Fsp3) is 0.286. The maximum atomic E-state index is 14.0. The average Bonchev–Trinajstić information content (AvgIpc) is 3.55. The zero-order valence-corrected chi connectivity index (χ0v) is 23.0. The SMILES string of the molecule is O=C(NC[C@H]1CCCO1)[C@H](c1ccncc1)N(Cc1ccccc1Cl)C(=O)CN1C(=O)c2ccccc2S1(=O)=O. The minimum absolute atomic E-state index is 0.00653. The summed E-state index contributed by atoms with van der Waals surface area (Å²) in [6.45, 7) is -0.0379. The second kappa shape index (κ2) is 11.7. The van der Waals surface area contributed by atoms with E-state index in [1.165, 1.54) is 35.5 Å². The van der Waals surface area contributed by atoms with Crippen LogP contribution < -0.4 is 5.32 Å². The zero-order chi connectivity index (χ0) is 28.3. The van der Waals surface area contributed by atoms with Crippen molar-refractivity contribution in [2.24, 2.45) is 0 Å². The molecule has 1 saturated heterocycles. The zero-order valence-electron chi connectivity index (χ0n) is 21.4. The summed E-state index contributed by atoms with van der Waals surface area (Å²) in [6, 6.07) is 14.7. The fourth-order valence-electron chi connectivity index (χ4n) is 4.87. The van der Waals surface area contributed by atoms with E-state index in [0.29, 0.717) is 27.1 Å². The Balaban J connectivity index is 1.50. The lowest BCUT2D eigenvalue weighted by molar-refractivity contribution is -0.141. The van der Waals surface area contributed by atoms with Crippen molar-refractivity contribution in [1.82, 2.24) is 19.5 Å². The van der Waals surface area contributed by atoms with E-state index in [1.807, 2.05) is 0 Å². The summed E-state index contributed by atoms with van der Waals surface area (Å²) in [7, 11) is -4.25. The minimum atomic E-state index is -4.25. The Hall–Kier alpha value is -3.80. The lowest BCUT2D eigenvalue weighted by Crippen LogP contribution is -2.48. The standard InChI is InChI=1S/C28H27ClN4O6S/c29-23-9-3-1-6-20(23)17-32(25(34)18-33-28(36)22-8-2-4-10-24(22)40(33,37)38)26(19-11-13-30-14-12-19)27(35)31-16-21-7-5-15-39-21/h1-4,6,8-14,21,26H,5,7,15-18H2,(H,31,35)/t21-,26+/m1/s1. The first-order chi connectivity index (χ1) is 19.3. The highest BCUT2D eigenvalue weighted by molar-refractivity contribution is 7.90. The molecule has 1 N–H and O–H groups in total. The van der Waals surface area contributed by atoms with Gasteiger partial charge in [0.25, 0.3) is 15.9 Å². The average molecular weight is 583 g/mol. The van der Waals surface area contributed by atoms with Gasteiger partial charge in [0.05, 0.1) is 11.7 Å². The Morgan fingerprint density at radius 1 is 1.10 bits per heavy atom. The molecule has 0 radical (unpaired) electrons. The monoisotopic (exact) mass is 582 g/mol. The number of hydrogen-bond acceptors (Lipinski definition) is 7. The van der Waals surface area contributed by atoms with Crippen molar-refractivity contribution in [2.45, 2.75) is 36.4 Å². The van der Waals surface area contributed by atoms with Crippen LogP contribution in [0.3, 0.4) is 0 Å². The number of amides is 3. The van der Waals surface area contributed by atoms with Gasteiger partial charge < -0.3 is 15.0 Å². The smallest absolute Gasteiger partial charge is 0.269 e. The molecular weight excluding hydrogens is 556 g/mol. The van der Waals surface area contributed by atoms with Gasteiger partial charge in [-0.25, -0.2) is 12.7 Å². The first-order valence-corrected chi connectivity index (χ1v) is 14.6. The molecule has 0 aliphatic carbocycles. The summed E-state index contributed by atoms with van der Waals surface area (Å²) in [5.41, 5.74) is 0.995. The number of nitrogens with zero attached hydrogens (tertiary/aromatic N) is 3. The maximum absolute atomic E-state index is 14.0. The van der Waals surface area contributed by atoms with Gasteiger partial charge >= 0.3 is 0 Å². The number of sulfonamides is 1. The highest BCUT2D eigenvalue weighted by Crippen LogP contribution is 2.31. The largest absolute Gasteiger partial charge is 0.376 e. The second-order valence-electron chi connectivity index (χ2n) is 9.49. The molecule has 208 valence electrons. The number of pyridine rings is 1. The van der Waals surface area contributed by atoms with E-state index in [4.69, 9.17) is 16.3 Å². The quantitative estimate of drug-likeness (QED) is 0.411. The van der Waals surface area contributed by atoms with Crippen LogP contribution in [0.5, 0.6) is 0 Å². The summed E-state index contributed by atoms with van der Waals surface area (Å²) in [5, 5.41) is 3.25. The maximum Gasteiger partial charge on any atom is 0.269 e. The lowest BCUT2D eigenvalue weighted by Gasteiger charge is -2.33. The minimum Gasteiger partial charge on any atom is -0.376 e. The van der Waals surface area contributed by atoms with E-state index in [2.05, 4.69) is 10.3 Å².